The summed E-state index contributed by atoms with van der Waals surface area (Å²) in [5.74, 6) is -0.228. The molecule has 0 amide bonds. The highest BCUT2D eigenvalue weighted by molar-refractivity contribution is 5.19. The first-order valence-corrected chi connectivity index (χ1v) is 4.75. The molecule has 0 heterocycles. The Morgan fingerprint density at radius 3 is 2.86 bits per heavy atom. The standard InChI is InChI=1S/C12H16FN/c1-9(2)6-7-12(14)10-4-3-5-11(13)8-10/h3-5,8,12H,1,6-7,14H2,2H3. The van der Waals surface area contributed by atoms with Crippen LogP contribution in [0.1, 0.15) is 31.4 Å². The predicted molar refractivity (Wildman–Crippen MR) is 57.4 cm³/mol. The van der Waals surface area contributed by atoms with Crippen molar-refractivity contribution in [1.82, 2.24) is 0 Å². The summed E-state index contributed by atoms with van der Waals surface area (Å²) in [6.45, 7) is 5.78. The van der Waals surface area contributed by atoms with Crippen LogP contribution < -0.4 is 5.73 Å². The Morgan fingerprint density at radius 2 is 2.29 bits per heavy atom. The van der Waals surface area contributed by atoms with E-state index < -0.39 is 0 Å². The third-order valence-electron chi connectivity index (χ3n) is 2.16. The summed E-state index contributed by atoms with van der Waals surface area (Å²) < 4.78 is 12.9. The van der Waals surface area contributed by atoms with Gasteiger partial charge in [0.25, 0.3) is 0 Å². The summed E-state index contributed by atoms with van der Waals surface area (Å²) in [6.07, 6.45) is 1.70. The van der Waals surface area contributed by atoms with Gasteiger partial charge in [0, 0.05) is 6.04 Å². The lowest BCUT2D eigenvalue weighted by molar-refractivity contribution is 0.609. The quantitative estimate of drug-likeness (QED) is 0.730. The Kier molecular flexibility index (Phi) is 3.84. The molecule has 1 aromatic carbocycles. The molecule has 1 rings (SSSR count). The lowest BCUT2D eigenvalue weighted by Crippen LogP contribution is -2.10. The second kappa shape index (κ2) is 4.91. The zero-order valence-electron chi connectivity index (χ0n) is 8.46. The lowest BCUT2D eigenvalue weighted by atomic mass is 10.0. The van der Waals surface area contributed by atoms with Gasteiger partial charge < -0.3 is 5.73 Å². The molecule has 0 aliphatic heterocycles. The minimum Gasteiger partial charge on any atom is -0.324 e. The van der Waals surface area contributed by atoms with Crippen molar-refractivity contribution in [3.05, 3.63) is 47.8 Å². The van der Waals surface area contributed by atoms with E-state index in [4.69, 9.17) is 5.73 Å². The van der Waals surface area contributed by atoms with Crippen molar-refractivity contribution in [2.24, 2.45) is 5.73 Å². The Bertz CT molecular complexity index is 320. The molecule has 2 N–H and O–H groups in total. The van der Waals surface area contributed by atoms with Gasteiger partial charge in [0.2, 0.25) is 0 Å². The van der Waals surface area contributed by atoms with Gasteiger partial charge in [-0.25, -0.2) is 4.39 Å². The number of rotatable bonds is 4. The molecule has 1 unspecified atom stereocenters. The molecule has 2 heteroatoms. The van der Waals surface area contributed by atoms with Gasteiger partial charge in [-0.2, -0.15) is 0 Å². The molecular formula is C12H16FN. The van der Waals surface area contributed by atoms with E-state index in [9.17, 15) is 4.39 Å². The van der Waals surface area contributed by atoms with E-state index in [2.05, 4.69) is 6.58 Å². The molecule has 0 saturated heterocycles. The number of benzene rings is 1. The number of hydrogen-bond donors (Lipinski definition) is 1. The van der Waals surface area contributed by atoms with Crippen LogP contribution in [0.15, 0.2) is 36.4 Å². The third-order valence-corrected chi connectivity index (χ3v) is 2.16. The first-order chi connectivity index (χ1) is 6.59. The predicted octanol–water partition coefficient (Wildman–Crippen LogP) is 3.18. The van der Waals surface area contributed by atoms with E-state index in [0.29, 0.717) is 0 Å². The highest BCUT2D eigenvalue weighted by Gasteiger charge is 2.06. The van der Waals surface area contributed by atoms with E-state index in [1.165, 1.54) is 12.1 Å². The average Bonchev–Trinajstić information content (AvgIpc) is 2.14. The molecule has 0 aliphatic rings. The minimum absolute atomic E-state index is 0.0950. The Morgan fingerprint density at radius 1 is 1.57 bits per heavy atom. The van der Waals surface area contributed by atoms with E-state index in [-0.39, 0.29) is 11.9 Å². The van der Waals surface area contributed by atoms with E-state index in [1.54, 1.807) is 6.07 Å². The summed E-state index contributed by atoms with van der Waals surface area (Å²) in [6, 6.07) is 6.36. The number of hydrogen-bond acceptors (Lipinski definition) is 1. The summed E-state index contributed by atoms with van der Waals surface area (Å²) in [7, 11) is 0. The largest absolute Gasteiger partial charge is 0.324 e. The van der Waals surface area contributed by atoms with Crippen molar-refractivity contribution in [2.45, 2.75) is 25.8 Å². The van der Waals surface area contributed by atoms with Crippen LogP contribution in [-0.4, -0.2) is 0 Å². The van der Waals surface area contributed by atoms with Gasteiger partial charge in [0.05, 0.1) is 0 Å². The molecule has 1 aromatic rings. The normalized spacial score (nSPS) is 12.5. The first-order valence-electron chi connectivity index (χ1n) is 4.75. The molecular weight excluding hydrogens is 177 g/mol. The van der Waals surface area contributed by atoms with Crippen LogP contribution in [0.25, 0.3) is 0 Å². The van der Waals surface area contributed by atoms with E-state index >= 15 is 0 Å². The van der Waals surface area contributed by atoms with Crippen molar-refractivity contribution in [3.8, 4) is 0 Å². The van der Waals surface area contributed by atoms with Crippen molar-refractivity contribution in [3.63, 3.8) is 0 Å². The number of allylic oxidation sites excluding steroid dienone is 1. The molecule has 1 atom stereocenters. The van der Waals surface area contributed by atoms with Gasteiger partial charge >= 0.3 is 0 Å². The molecule has 0 aliphatic carbocycles. The van der Waals surface area contributed by atoms with Crippen LogP contribution in [0.5, 0.6) is 0 Å². The average molecular weight is 193 g/mol. The molecule has 76 valence electrons. The van der Waals surface area contributed by atoms with Gasteiger partial charge in [0.1, 0.15) is 5.82 Å². The second-order valence-corrected chi connectivity index (χ2v) is 3.66. The monoisotopic (exact) mass is 193 g/mol. The minimum atomic E-state index is -0.228. The highest BCUT2D eigenvalue weighted by atomic mass is 19.1. The van der Waals surface area contributed by atoms with Crippen LogP contribution in [0, 0.1) is 5.82 Å². The van der Waals surface area contributed by atoms with Crippen molar-refractivity contribution < 1.29 is 4.39 Å². The van der Waals surface area contributed by atoms with E-state index in [1.807, 2.05) is 13.0 Å². The van der Waals surface area contributed by atoms with Gasteiger partial charge in [-0.3, -0.25) is 0 Å². The fraction of sp³-hybridized carbons (Fsp3) is 0.333. The summed E-state index contributed by atoms with van der Waals surface area (Å²) in [5.41, 5.74) is 7.87. The highest BCUT2D eigenvalue weighted by Crippen LogP contribution is 2.18. The number of nitrogens with two attached hydrogens (primary N) is 1. The van der Waals surface area contributed by atoms with Gasteiger partial charge in [-0.1, -0.05) is 17.7 Å². The first kappa shape index (κ1) is 10.9. The van der Waals surface area contributed by atoms with Crippen LogP contribution in [0.2, 0.25) is 0 Å². The van der Waals surface area contributed by atoms with Crippen LogP contribution in [0.3, 0.4) is 0 Å². The molecule has 0 fully saturated rings. The Balaban J connectivity index is 2.60. The van der Waals surface area contributed by atoms with Gasteiger partial charge in [-0.15, -0.1) is 6.58 Å². The zero-order valence-corrected chi connectivity index (χ0v) is 8.46. The summed E-state index contributed by atoms with van der Waals surface area (Å²) >= 11 is 0. The molecule has 0 saturated carbocycles. The number of halogens is 1. The van der Waals surface area contributed by atoms with Gasteiger partial charge in [-0.05, 0) is 37.5 Å². The summed E-state index contributed by atoms with van der Waals surface area (Å²) in [5, 5.41) is 0. The van der Waals surface area contributed by atoms with Crippen molar-refractivity contribution in [1.29, 1.82) is 0 Å². The van der Waals surface area contributed by atoms with Crippen LogP contribution in [-0.2, 0) is 0 Å². The van der Waals surface area contributed by atoms with Crippen LogP contribution in [0.4, 0.5) is 4.39 Å². The van der Waals surface area contributed by atoms with Crippen LogP contribution >= 0.6 is 0 Å². The third kappa shape index (κ3) is 3.30. The Hall–Kier alpha value is -1.15. The molecule has 0 radical (unpaired) electrons. The zero-order chi connectivity index (χ0) is 10.6. The molecule has 0 bridgehead atoms. The molecule has 0 spiro atoms. The lowest BCUT2D eigenvalue weighted by Gasteiger charge is -2.11. The van der Waals surface area contributed by atoms with Crippen molar-refractivity contribution in [2.75, 3.05) is 0 Å². The SMILES string of the molecule is C=C(C)CCC(N)c1cccc(F)c1. The maximum Gasteiger partial charge on any atom is 0.123 e. The molecule has 14 heavy (non-hydrogen) atoms. The fourth-order valence-corrected chi connectivity index (χ4v) is 1.31. The topological polar surface area (TPSA) is 26.0 Å². The summed E-state index contributed by atoms with van der Waals surface area (Å²) in [4.78, 5) is 0. The van der Waals surface area contributed by atoms with Crippen molar-refractivity contribution >= 4 is 0 Å². The van der Waals surface area contributed by atoms with Gasteiger partial charge in [0.15, 0.2) is 0 Å². The maximum absolute atomic E-state index is 12.9. The second-order valence-electron chi connectivity index (χ2n) is 3.66. The van der Waals surface area contributed by atoms with E-state index in [0.717, 1.165) is 24.0 Å². The molecule has 0 aromatic heterocycles. The Labute approximate surface area is 84.4 Å². The molecule has 1 nitrogen and oxygen atoms in total. The smallest absolute Gasteiger partial charge is 0.123 e. The maximum atomic E-state index is 12.9. The fourth-order valence-electron chi connectivity index (χ4n) is 1.31.